The molecule has 0 aliphatic heterocycles. The molecule has 88 valence electrons. The largest absolute Gasteiger partial charge is 0.463 e. The number of benzene rings is 1. The third kappa shape index (κ3) is 2.74. The number of hydrogen-bond donors (Lipinski definition) is 1. The number of nitrogens with one attached hydrogen (secondary N) is 1. The number of H-pyrrole nitrogens is 1. The Morgan fingerprint density at radius 3 is 3.18 bits per heavy atom. The van der Waals surface area contributed by atoms with Crippen molar-refractivity contribution >= 4 is 38.9 Å². The normalized spacial score (nSPS) is 11.2. The summed E-state index contributed by atoms with van der Waals surface area (Å²) in [4.78, 5) is 11.2. The molecule has 0 unspecified atom stereocenters. The van der Waals surface area contributed by atoms with Crippen molar-refractivity contribution in [1.82, 2.24) is 10.2 Å². The van der Waals surface area contributed by atoms with Gasteiger partial charge in [0.1, 0.15) is 0 Å². The van der Waals surface area contributed by atoms with Crippen LogP contribution in [0.2, 0.25) is 0 Å². The number of aromatic nitrogens is 2. The van der Waals surface area contributed by atoms with E-state index in [-0.39, 0.29) is 5.97 Å². The molecule has 1 N–H and O–H groups in total. The Kier molecular flexibility index (Phi) is 3.58. The van der Waals surface area contributed by atoms with Gasteiger partial charge in [-0.15, -0.1) is 0 Å². The van der Waals surface area contributed by atoms with Crippen LogP contribution < -0.4 is 0 Å². The Balaban J connectivity index is 2.28. The zero-order valence-electron chi connectivity index (χ0n) is 9.24. The number of nitrogens with zero attached hydrogens (tertiary/aromatic N) is 1. The minimum Gasteiger partial charge on any atom is -0.463 e. The molecule has 5 heteroatoms. The molecular formula is C12H11BrN2O2. The Labute approximate surface area is 107 Å². The van der Waals surface area contributed by atoms with E-state index in [0.717, 1.165) is 21.1 Å². The first kappa shape index (κ1) is 11.9. The second kappa shape index (κ2) is 5.14. The van der Waals surface area contributed by atoms with E-state index < -0.39 is 0 Å². The molecule has 0 aliphatic carbocycles. The van der Waals surface area contributed by atoms with E-state index in [0.29, 0.717) is 6.61 Å². The monoisotopic (exact) mass is 294 g/mol. The molecule has 17 heavy (non-hydrogen) atoms. The molecule has 0 fully saturated rings. The van der Waals surface area contributed by atoms with Crippen molar-refractivity contribution in [3.05, 3.63) is 34.4 Å². The minimum absolute atomic E-state index is 0.360. The topological polar surface area (TPSA) is 55.0 Å². The first-order valence-electron chi connectivity index (χ1n) is 5.19. The van der Waals surface area contributed by atoms with Crippen LogP contribution in [0.1, 0.15) is 12.6 Å². The highest BCUT2D eigenvalue weighted by atomic mass is 79.9. The fourth-order valence-electron chi connectivity index (χ4n) is 1.48. The molecule has 0 bridgehead atoms. The number of halogens is 1. The van der Waals surface area contributed by atoms with Crippen LogP contribution in [-0.4, -0.2) is 22.8 Å². The first-order valence-corrected chi connectivity index (χ1v) is 5.98. The molecule has 0 aliphatic rings. The molecule has 1 heterocycles. The lowest BCUT2D eigenvalue weighted by Crippen LogP contribution is -1.98. The molecule has 4 nitrogen and oxygen atoms in total. The standard InChI is InChI=1S/C12H11BrN2O2/c1-2-17-12(16)6-5-10-9-4-3-8(13)7-11(9)15-14-10/h3-7H,2H2,1H3,(H,14,15). The van der Waals surface area contributed by atoms with E-state index in [2.05, 4.69) is 26.1 Å². The third-order valence-corrected chi connectivity index (χ3v) is 2.71. The third-order valence-electron chi connectivity index (χ3n) is 2.22. The highest BCUT2D eigenvalue weighted by molar-refractivity contribution is 9.10. The van der Waals surface area contributed by atoms with E-state index in [1.807, 2.05) is 18.2 Å². The van der Waals surface area contributed by atoms with Gasteiger partial charge in [0, 0.05) is 15.9 Å². The summed E-state index contributed by atoms with van der Waals surface area (Å²) in [7, 11) is 0. The maximum Gasteiger partial charge on any atom is 0.330 e. The van der Waals surface area contributed by atoms with Crippen molar-refractivity contribution in [3.63, 3.8) is 0 Å². The van der Waals surface area contributed by atoms with Crippen LogP contribution in [0.3, 0.4) is 0 Å². The van der Waals surface area contributed by atoms with Gasteiger partial charge < -0.3 is 4.74 Å². The number of carbonyl (C=O) groups is 1. The number of aromatic amines is 1. The molecule has 0 saturated carbocycles. The van der Waals surface area contributed by atoms with Gasteiger partial charge in [0.15, 0.2) is 0 Å². The summed E-state index contributed by atoms with van der Waals surface area (Å²) in [5, 5.41) is 8.00. The number of fused-ring (bicyclic) bond motifs is 1. The van der Waals surface area contributed by atoms with Gasteiger partial charge in [0.2, 0.25) is 0 Å². The molecule has 0 atom stereocenters. The van der Waals surface area contributed by atoms with Crippen LogP contribution in [-0.2, 0) is 9.53 Å². The number of hydrogen-bond acceptors (Lipinski definition) is 3. The number of esters is 1. The predicted octanol–water partition coefficient (Wildman–Crippen LogP) is 2.90. The molecule has 1 aromatic heterocycles. The smallest absolute Gasteiger partial charge is 0.330 e. The van der Waals surface area contributed by atoms with Crippen LogP contribution in [0, 0.1) is 0 Å². The van der Waals surface area contributed by atoms with Gasteiger partial charge in [-0.2, -0.15) is 5.10 Å². The average Bonchev–Trinajstić information content (AvgIpc) is 2.69. The van der Waals surface area contributed by atoms with Gasteiger partial charge >= 0.3 is 5.97 Å². The van der Waals surface area contributed by atoms with Gasteiger partial charge in [-0.1, -0.05) is 15.9 Å². The quantitative estimate of drug-likeness (QED) is 0.699. The van der Waals surface area contributed by atoms with Crippen LogP contribution in [0.15, 0.2) is 28.7 Å². The lowest BCUT2D eigenvalue weighted by Gasteiger charge is -1.94. The fourth-order valence-corrected chi connectivity index (χ4v) is 1.84. The van der Waals surface area contributed by atoms with Crippen molar-refractivity contribution in [2.45, 2.75) is 6.92 Å². The number of ether oxygens (including phenoxy) is 1. The summed E-state index contributed by atoms with van der Waals surface area (Å²) < 4.78 is 5.78. The molecule has 1 aromatic carbocycles. The van der Waals surface area contributed by atoms with Gasteiger partial charge in [-0.25, -0.2) is 4.79 Å². The average molecular weight is 295 g/mol. The second-order valence-electron chi connectivity index (χ2n) is 3.38. The summed E-state index contributed by atoms with van der Waals surface area (Å²) in [6.45, 7) is 2.14. The van der Waals surface area contributed by atoms with Gasteiger partial charge in [0.05, 0.1) is 17.8 Å². The Morgan fingerprint density at radius 1 is 1.59 bits per heavy atom. The molecule has 2 aromatic rings. The first-order chi connectivity index (χ1) is 8.20. The molecule has 0 radical (unpaired) electrons. The molecule has 0 saturated heterocycles. The second-order valence-corrected chi connectivity index (χ2v) is 4.30. The highest BCUT2D eigenvalue weighted by Gasteiger charge is 2.03. The van der Waals surface area contributed by atoms with Gasteiger partial charge in [0.25, 0.3) is 0 Å². The lowest BCUT2D eigenvalue weighted by molar-refractivity contribution is -0.137. The number of carbonyl (C=O) groups excluding carboxylic acids is 1. The van der Waals surface area contributed by atoms with Crippen LogP contribution in [0.4, 0.5) is 0 Å². The van der Waals surface area contributed by atoms with Crippen molar-refractivity contribution in [1.29, 1.82) is 0 Å². The summed E-state index contributed by atoms with van der Waals surface area (Å²) in [6, 6.07) is 5.80. The molecular weight excluding hydrogens is 284 g/mol. The number of rotatable bonds is 3. The van der Waals surface area contributed by atoms with Gasteiger partial charge in [-0.05, 0) is 31.2 Å². The minimum atomic E-state index is -0.360. The van der Waals surface area contributed by atoms with E-state index in [4.69, 9.17) is 4.74 Å². The Hall–Kier alpha value is -1.62. The van der Waals surface area contributed by atoms with Crippen LogP contribution >= 0.6 is 15.9 Å². The molecule has 2 rings (SSSR count). The van der Waals surface area contributed by atoms with E-state index >= 15 is 0 Å². The van der Waals surface area contributed by atoms with Crippen molar-refractivity contribution in [2.75, 3.05) is 6.61 Å². The molecule has 0 spiro atoms. The fraction of sp³-hybridized carbons (Fsp3) is 0.167. The SMILES string of the molecule is CCOC(=O)C=Cc1n[nH]c2cc(Br)ccc12. The summed E-state index contributed by atoms with van der Waals surface area (Å²) in [5.41, 5.74) is 1.64. The zero-order valence-corrected chi connectivity index (χ0v) is 10.8. The molecule has 0 amide bonds. The van der Waals surface area contributed by atoms with Crippen molar-refractivity contribution in [2.24, 2.45) is 0 Å². The van der Waals surface area contributed by atoms with Gasteiger partial charge in [-0.3, -0.25) is 5.10 Å². The summed E-state index contributed by atoms with van der Waals surface area (Å²) in [5.74, 6) is -0.360. The zero-order chi connectivity index (χ0) is 12.3. The highest BCUT2D eigenvalue weighted by Crippen LogP contribution is 2.21. The van der Waals surface area contributed by atoms with Crippen LogP contribution in [0.5, 0.6) is 0 Å². The van der Waals surface area contributed by atoms with E-state index in [9.17, 15) is 4.79 Å². The lowest BCUT2D eigenvalue weighted by atomic mass is 10.2. The predicted molar refractivity (Wildman–Crippen MR) is 69.5 cm³/mol. The maximum atomic E-state index is 11.2. The van der Waals surface area contributed by atoms with Crippen molar-refractivity contribution < 1.29 is 9.53 Å². The van der Waals surface area contributed by atoms with Crippen LogP contribution in [0.25, 0.3) is 17.0 Å². The van der Waals surface area contributed by atoms with E-state index in [1.54, 1.807) is 13.0 Å². The van der Waals surface area contributed by atoms with E-state index in [1.165, 1.54) is 6.08 Å². The Morgan fingerprint density at radius 2 is 2.41 bits per heavy atom. The Bertz CT molecular complexity index is 575. The summed E-state index contributed by atoms with van der Waals surface area (Å²) in [6.07, 6.45) is 3.02. The maximum absolute atomic E-state index is 11.2. The summed E-state index contributed by atoms with van der Waals surface area (Å²) >= 11 is 3.38. The van der Waals surface area contributed by atoms with Crippen molar-refractivity contribution in [3.8, 4) is 0 Å².